The zero-order valence-electron chi connectivity index (χ0n) is 9.69. The molecule has 5 nitrogen and oxygen atoms in total. The van der Waals surface area contributed by atoms with Crippen LogP contribution in [0.2, 0.25) is 0 Å². The van der Waals surface area contributed by atoms with Gasteiger partial charge in [0.05, 0.1) is 18.8 Å². The molecular weight excluding hydrogens is 206 g/mol. The molecule has 0 radical (unpaired) electrons. The maximum absolute atomic E-state index is 12.2. The van der Waals surface area contributed by atoms with Crippen LogP contribution in [-0.2, 0) is 6.54 Å². The van der Waals surface area contributed by atoms with E-state index in [0.29, 0.717) is 18.0 Å². The van der Waals surface area contributed by atoms with Gasteiger partial charge in [-0.25, -0.2) is 0 Å². The lowest BCUT2D eigenvalue weighted by atomic mass is 10.1. The summed E-state index contributed by atoms with van der Waals surface area (Å²) in [7, 11) is 1.54. The van der Waals surface area contributed by atoms with E-state index in [1.165, 1.54) is 0 Å². The van der Waals surface area contributed by atoms with E-state index in [9.17, 15) is 4.79 Å². The Morgan fingerprint density at radius 1 is 1.69 bits per heavy atom. The second-order valence-electron chi connectivity index (χ2n) is 4.27. The smallest absolute Gasteiger partial charge is 0.204 e. The molecule has 0 amide bonds. The molecule has 1 aliphatic rings. The molecule has 5 heteroatoms. The normalized spacial score (nSPS) is 17.2. The minimum atomic E-state index is -0.668. The number of ether oxygens (including phenoxy) is 1. The van der Waals surface area contributed by atoms with Crippen molar-refractivity contribution < 1.29 is 9.53 Å². The standard InChI is InChI=1S/C11H17N3O2/c1-3-6-14-9(8(16-2)7-13-14)10(15)11(12)4-5-11/h7H,3-6,12H2,1-2H3. The summed E-state index contributed by atoms with van der Waals surface area (Å²) < 4.78 is 6.85. The van der Waals surface area contributed by atoms with E-state index in [1.807, 2.05) is 6.92 Å². The Bertz CT molecular complexity index is 407. The zero-order chi connectivity index (χ0) is 11.8. The van der Waals surface area contributed by atoms with E-state index in [2.05, 4.69) is 5.10 Å². The van der Waals surface area contributed by atoms with Crippen molar-refractivity contribution in [1.29, 1.82) is 0 Å². The second-order valence-corrected chi connectivity index (χ2v) is 4.27. The molecule has 2 N–H and O–H groups in total. The molecule has 1 fully saturated rings. The minimum absolute atomic E-state index is 0.0460. The van der Waals surface area contributed by atoms with E-state index < -0.39 is 5.54 Å². The molecule has 1 saturated carbocycles. The van der Waals surface area contributed by atoms with Crippen LogP contribution in [0.5, 0.6) is 5.75 Å². The van der Waals surface area contributed by atoms with Crippen LogP contribution in [-0.4, -0.2) is 28.2 Å². The summed E-state index contributed by atoms with van der Waals surface area (Å²) in [6, 6.07) is 0. The summed E-state index contributed by atoms with van der Waals surface area (Å²) in [5.74, 6) is 0.477. The highest BCUT2D eigenvalue weighted by molar-refractivity contribution is 6.05. The van der Waals surface area contributed by atoms with E-state index in [4.69, 9.17) is 10.5 Å². The van der Waals surface area contributed by atoms with E-state index in [0.717, 1.165) is 19.3 Å². The van der Waals surface area contributed by atoms with Crippen LogP contribution in [0, 0.1) is 0 Å². The van der Waals surface area contributed by atoms with Crippen LogP contribution >= 0.6 is 0 Å². The van der Waals surface area contributed by atoms with Gasteiger partial charge in [-0.05, 0) is 19.3 Å². The molecule has 1 aliphatic carbocycles. The first-order valence-electron chi connectivity index (χ1n) is 5.56. The molecule has 0 atom stereocenters. The van der Waals surface area contributed by atoms with Crippen LogP contribution in [0.4, 0.5) is 0 Å². The Balaban J connectivity index is 2.35. The Morgan fingerprint density at radius 3 is 2.88 bits per heavy atom. The fourth-order valence-electron chi connectivity index (χ4n) is 1.73. The topological polar surface area (TPSA) is 70.1 Å². The third-order valence-electron chi connectivity index (χ3n) is 2.92. The quantitative estimate of drug-likeness (QED) is 0.755. The second kappa shape index (κ2) is 3.90. The molecule has 0 unspecified atom stereocenters. The maximum Gasteiger partial charge on any atom is 0.204 e. The largest absolute Gasteiger partial charge is 0.493 e. The number of carbonyl (C=O) groups excluding carboxylic acids is 1. The summed E-state index contributed by atoms with van der Waals surface area (Å²) in [5, 5.41) is 4.15. The monoisotopic (exact) mass is 223 g/mol. The summed E-state index contributed by atoms with van der Waals surface area (Å²) in [5.41, 5.74) is 5.77. The molecule has 0 aliphatic heterocycles. The van der Waals surface area contributed by atoms with Gasteiger partial charge in [-0.1, -0.05) is 6.92 Å². The Hall–Kier alpha value is -1.36. The van der Waals surface area contributed by atoms with Crippen molar-refractivity contribution in [2.45, 2.75) is 38.3 Å². The Kier molecular flexibility index (Phi) is 2.71. The van der Waals surface area contributed by atoms with E-state index >= 15 is 0 Å². The number of ketones is 1. The average Bonchev–Trinajstić information content (AvgIpc) is 2.90. The van der Waals surface area contributed by atoms with Crippen molar-refractivity contribution in [2.75, 3.05) is 7.11 Å². The first kappa shape index (κ1) is 11.1. The number of nitrogens with two attached hydrogens (primary N) is 1. The number of carbonyl (C=O) groups is 1. The number of hydrogen-bond acceptors (Lipinski definition) is 4. The molecule has 2 rings (SSSR count). The zero-order valence-corrected chi connectivity index (χ0v) is 9.69. The predicted octanol–water partition coefficient (Wildman–Crippen LogP) is 0.976. The van der Waals surface area contributed by atoms with Crippen LogP contribution in [0.15, 0.2) is 6.20 Å². The fourth-order valence-corrected chi connectivity index (χ4v) is 1.73. The number of rotatable bonds is 5. The first-order valence-corrected chi connectivity index (χ1v) is 5.56. The predicted molar refractivity (Wildman–Crippen MR) is 59.6 cm³/mol. The average molecular weight is 223 g/mol. The number of hydrogen-bond donors (Lipinski definition) is 1. The van der Waals surface area contributed by atoms with Crippen LogP contribution < -0.4 is 10.5 Å². The number of methoxy groups -OCH3 is 1. The number of nitrogens with zero attached hydrogens (tertiary/aromatic N) is 2. The lowest BCUT2D eigenvalue weighted by Gasteiger charge is -2.11. The molecule has 0 saturated heterocycles. The van der Waals surface area contributed by atoms with Crippen molar-refractivity contribution in [3.63, 3.8) is 0 Å². The highest BCUT2D eigenvalue weighted by Crippen LogP contribution is 2.37. The van der Waals surface area contributed by atoms with Gasteiger partial charge >= 0.3 is 0 Å². The van der Waals surface area contributed by atoms with Gasteiger partial charge in [0.15, 0.2) is 5.75 Å². The van der Waals surface area contributed by atoms with Gasteiger partial charge in [-0.2, -0.15) is 5.10 Å². The first-order chi connectivity index (χ1) is 7.62. The Morgan fingerprint density at radius 2 is 2.38 bits per heavy atom. The van der Waals surface area contributed by atoms with Crippen LogP contribution in [0.3, 0.4) is 0 Å². The third-order valence-corrected chi connectivity index (χ3v) is 2.92. The molecule has 16 heavy (non-hydrogen) atoms. The summed E-state index contributed by atoms with van der Waals surface area (Å²) >= 11 is 0. The van der Waals surface area contributed by atoms with E-state index in [-0.39, 0.29) is 5.78 Å². The van der Waals surface area contributed by atoms with Crippen molar-refractivity contribution >= 4 is 5.78 Å². The number of Topliss-reactive ketones (excluding diaryl/α,β-unsaturated/α-hetero) is 1. The number of aromatic nitrogens is 2. The molecular formula is C11H17N3O2. The summed E-state index contributed by atoms with van der Waals surface area (Å²) in [4.78, 5) is 12.2. The minimum Gasteiger partial charge on any atom is -0.493 e. The Labute approximate surface area is 94.6 Å². The van der Waals surface area contributed by atoms with Gasteiger partial charge in [0.2, 0.25) is 5.78 Å². The van der Waals surface area contributed by atoms with Gasteiger partial charge < -0.3 is 10.5 Å². The molecule has 0 spiro atoms. The number of aryl methyl sites for hydroxylation is 1. The van der Waals surface area contributed by atoms with Crippen LogP contribution in [0.1, 0.15) is 36.7 Å². The maximum atomic E-state index is 12.2. The molecule has 1 heterocycles. The third kappa shape index (κ3) is 1.71. The molecule has 1 aromatic heterocycles. The summed E-state index contributed by atoms with van der Waals surface area (Å²) in [6.45, 7) is 2.75. The van der Waals surface area contributed by atoms with Crippen molar-refractivity contribution in [3.05, 3.63) is 11.9 Å². The lowest BCUT2D eigenvalue weighted by Crippen LogP contribution is -2.34. The lowest BCUT2D eigenvalue weighted by molar-refractivity contribution is 0.0935. The summed E-state index contributed by atoms with van der Waals surface area (Å²) in [6.07, 6.45) is 4.01. The molecule has 0 aromatic carbocycles. The SMILES string of the molecule is CCCn1ncc(OC)c1C(=O)C1(N)CC1. The van der Waals surface area contributed by atoms with Crippen molar-refractivity contribution in [2.24, 2.45) is 5.73 Å². The van der Waals surface area contributed by atoms with Gasteiger partial charge in [-0.3, -0.25) is 9.48 Å². The van der Waals surface area contributed by atoms with E-state index in [1.54, 1.807) is 18.0 Å². The van der Waals surface area contributed by atoms with Crippen molar-refractivity contribution in [1.82, 2.24) is 9.78 Å². The van der Waals surface area contributed by atoms with Gasteiger partial charge in [0, 0.05) is 6.54 Å². The molecule has 88 valence electrons. The highest BCUT2D eigenvalue weighted by Gasteiger charge is 2.48. The molecule has 0 bridgehead atoms. The van der Waals surface area contributed by atoms with Gasteiger partial charge in [-0.15, -0.1) is 0 Å². The van der Waals surface area contributed by atoms with Crippen LogP contribution in [0.25, 0.3) is 0 Å². The fraction of sp³-hybridized carbons (Fsp3) is 0.636. The highest BCUT2D eigenvalue weighted by atomic mass is 16.5. The van der Waals surface area contributed by atoms with Gasteiger partial charge in [0.1, 0.15) is 5.69 Å². The van der Waals surface area contributed by atoms with Crippen molar-refractivity contribution in [3.8, 4) is 5.75 Å². The van der Waals surface area contributed by atoms with Gasteiger partial charge in [0.25, 0.3) is 0 Å². The molecule has 1 aromatic rings.